The number of hydrogen-bond donors (Lipinski definition) is 1. The van der Waals surface area contributed by atoms with Gasteiger partial charge in [-0.05, 0) is 42.8 Å². The molecule has 77 valence electrons. The highest BCUT2D eigenvalue weighted by atomic mass is 14.8. The van der Waals surface area contributed by atoms with E-state index in [0.29, 0.717) is 0 Å². The monoisotopic (exact) mass is 208 g/mol. The highest BCUT2D eigenvalue weighted by Gasteiger charge is 2.03. The average molecular weight is 208 g/mol. The third-order valence-corrected chi connectivity index (χ3v) is 2.66. The third-order valence-electron chi connectivity index (χ3n) is 2.66. The SMILES string of the molecule is Cc1cc2nc3cc[c]cc3nc2cc1N. The molecule has 0 unspecified atom stereocenters. The van der Waals surface area contributed by atoms with Gasteiger partial charge in [0, 0.05) is 5.69 Å². The van der Waals surface area contributed by atoms with Gasteiger partial charge in [-0.15, -0.1) is 0 Å². The van der Waals surface area contributed by atoms with Crippen molar-refractivity contribution in [1.29, 1.82) is 0 Å². The summed E-state index contributed by atoms with van der Waals surface area (Å²) in [6.45, 7) is 1.97. The zero-order valence-corrected chi connectivity index (χ0v) is 8.86. The van der Waals surface area contributed by atoms with E-state index in [4.69, 9.17) is 5.73 Å². The van der Waals surface area contributed by atoms with Crippen molar-refractivity contribution in [2.24, 2.45) is 0 Å². The van der Waals surface area contributed by atoms with Crippen LogP contribution in [0.25, 0.3) is 22.1 Å². The van der Waals surface area contributed by atoms with Crippen LogP contribution in [0.2, 0.25) is 0 Å². The van der Waals surface area contributed by atoms with E-state index in [9.17, 15) is 0 Å². The topological polar surface area (TPSA) is 51.8 Å². The Bertz CT molecular complexity index is 629. The second-order valence-electron chi connectivity index (χ2n) is 3.84. The molecule has 16 heavy (non-hydrogen) atoms. The van der Waals surface area contributed by atoms with Crippen molar-refractivity contribution >= 4 is 27.8 Å². The Hall–Kier alpha value is -2.16. The van der Waals surface area contributed by atoms with Crippen LogP contribution in [0, 0.1) is 13.0 Å². The first-order valence-electron chi connectivity index (χ1n) is 5.08. The predicted molar refractivity (Wildman–Crippen MR) is 65.0 cm³/mol. The highest BCUT2D eigenvalue weighted by molar-refractivity contribution is 5.88. The number of nitrogens with two attached hydrogens (primary N) is 1. The van der Waals surface area contributed by atoms with Gasteiger partial charge in [0.15, 0.2) is 0 Å². The molecule has 3 rings (SSSR count). The van der Waals surface area contributed by atoms with Gasteiger partial charge < -0.3 is 5.73 Å². The van der Waals surface area contributed by atoms with Crippen LogP contribution in [-0.4, -0.2) is 9.97 Å². The fourth-order valence-corrected chi connectivity index (χ4v) is 1.73. The predicted octanol–water partition coefficient (Wildman–Crippen LogP) is 2.47. The van der Waals surface area contributed by atoms with Gasteiger partial charge in [-0.3, -0.25) is 0 Å². The fraction of sp³-hybridized carbons (Fsp3) is 0.0769. The van der Waals surface area contributed by atoms with Crippen molar-refractivity contribution in [3.63, 3.8) is 0 Å². The lowest BCUT2D eigenvalue weighted by atomic mass is 10.1. The van der Waals surface area contributed by atoms with Gasteiger partial charge in [0.2, 0.25) is 0 Å². The van der Waals surface area contributed by atoms with Gasteiger partial charge in [0.05, 0.1) is 22.1 Å². The summed E-state index contributed by atoms with van der Waals surface area (Å²) in [5.74, 6) is 0. The Kier molecular flexibility index (Phi) is 1.80. The van der Waals surface area contributed by atoms with Gasteiger partial charge in [0.25, 0.3) is 0 Å². The molecule has 0 aliphatic rings. The largest absolute Gasteiger partial charge is 0.398 e. The van der Waals surface area contributed by atoms with E-state index in [1.54, 1.807) is 0 Å². The maximum absolute atomic E-state index is 5.85. The fourth-order valence-electron chi connectivity index (χ4n) is 1.73. The minimum atomic E-state index is 0.751. The number of rotatable bonds is 0. The first-order valence-corrected chi connectivity index (χ1v) is 5.08. The van der Waals surface area contributed by atoms with Gasteiger partial charge in [0.1, 0.15) is 0 Å². The molecule has 0 aliphatic heterocycles. The van der Waals surface area contributed by atoms with E-state index in [1.807, 2.05) is 37.3 Å². The summed E-state index contributed by atoms with van der Waals surface area (Å²) < 4.78 is 0. The van der Waals surface area contributed by atoms with Crippen molar-refractivity contribution in [2.45, 2.75) is 6.92 Å². The summed E-state index contributed by atoms with van der Waals surface area (Å²) in [5, 5.41) is 0. The molecule has 3 heteroatoms. The molecule has 1 radical (unpaired) electrons. The third kappa shape index (κ3) is 1.29. The van der Waals surface area contributed by atoms with Crippen LogP contribution >= 0.6 is 0 Å². The minimum absolute atomic E-state index is 0.751. The van der Waals surface area contributed by atoms with Crippen LogP contribution in [0.5, 0.6) is 0 Å². The molecule has 0 amide bonds. The average Bonchev–Trinajstić information content (AvgIpc) is 2.28. The van der Waals surface area contributed by atoms with Gasteiger partial charge >= 0.3 is 0 Å². The van der Waals surface area contributed by atoms with Crippen molar-refractivity contribution in [1.82, 2.24) is 9.97 Å². The summed E-state index contributed by atoms with van der Waals surface area (Å²) in [5.41, 5.74) is 11.1. The minimum Gasteiger partial charge on any atom is -0.398 e. The molecule has 0 bridgehead atoms. The number of nitrogen functional groups attached to an aromatic ring is 1. The van der Waals surface area contributed by atoms with Crippen LogP contribution in [0.4, 0.5) is 5.69 Å². The van der Waals surface area contributed by atoms with E-state index in [1.165, 1.54) is 0 Å². The van der Waals surface area contributed by atoms with Gasteiger partial charge in [-0.25, -0.2) is 9.97 Å². The number of benzene rings is 2. The summed E-state index contributed by atoms with van der Waals surface area (Å²) >= 11 is 0. The normalized spacial score (nSPS) is 11.1. The summed E-state index contributed by atoms with van der Waals surface area (Å²) in [6, 6.07) is 12.4. The Balaban J connectivity index is 2.46. The second-order valence-corrected chi connectivity index (χ2v) is 3.84. The van der Waals surface area contributed by atoms with Gasteiger partial charge in [-0.2, -0.15) is 0 Å². The van der Waals surface area contributed by atoms with E-state index in [-0.39, 0.29) is 0 Å². The first-order chi connectivity index (χ1) is 7.74. The molecule has 1 heterocycles. The molecule has 0 aliphatic carbocycles. The van der Waals surface area contributed by atoms with Crippen molar-refractivity contribution in [3.8, 4) is 0 Å². The standard InChI is InChI=1S/C13H10N3/c1-8-6-12-13(7-9(8)14)16-11-5-3-2-4-10(11)15-12/h2,4-7H,14H2,1H3. The molecular weight excluding hydrogens is 198 g/mol. The summed E-state index contributed by atoms with van der Waals surface area (Å²) in [7, 11) is 0. The lowest BCUT2D eigenvalue weighted by molar-refractivity contribution is 1.37. The second kappa shape index (κ2) is 3.17. The van der Waals surface area contributed by atoms with Crippen LogP contribution in [-0.2, 0) is 0 Å². The van der Waals surface area contributed by atoms with Crippen LogP contribution in [0.15, 0.2) is 30.3 Å². The molecule has 0 saturated heterocycles. The Morgan fingerprint density at radius 3 is 2.69 bits per heavy atom. The van der Waals surface area contributed by atoms with Crippen molar-refractivity contribution in [2.75, 3.05) is 5.73 Å². The molecular formula is C13H10N3. The zero-order valence-electron chi connectivity index (χ0n) is 8.86. The van der Waals surface area contributed by atoms with E-state index in [0.717, 1.165) is 33.3 Å². The number of nitrogens with zero attached hydrogens (tertiary/aromatic N) is 2. The number of fused-ring (bicyclic) bond motifs is 2. The maximum Gasteiger partial charge on any atom is 0.0915 e. The van der Waals surface area contributed by atoms with E-state index >= 15 is 0 Å². The zero-order chi connectivity index (χ0) is 11.1. The first kappa shape index (κ1) is 9.09. The van der Waals surface area contributed by atoms with E-state index in [2.05, 4.69) is 16.0 Å². The molecule has 1 aromatic heterocycles. The molecule has 0 saturated carbocycles. The van der Waals surface area contributed by atoms with Crippen LogP contribution in [0.1, 0.15) is 5.56 Å². The number of hydrogen-bond acceptors (Lipinski definition) is 3. The summed E-state index contributed by atoms with van der Waals surface area (Å²) in [4.78, 5) is 9.05. The summed E-state index contributed by atoms with van der Waals surface area (Å²) in [6.07, 6.45) is 0. The maximum atomic E-state index is 5.85. The molecule has 2 aromatic carbocycles. The quantitative estimate of drug-likeness (QED) is 0.456. The number of aryl methyl sites for hydroxylation is 1. The molecule has 3 aromatic rings. The molecule has 3 nitrogen and oxygen atoms in total. The lowest BCUT2D eigenvalue weighted by Crippen LogP contribution is -1.93. The van der Waals surface area contributed by atoms with Crippen LogP contribution < -0.4 is 5.73 Å². The Morgan fingerprint density at radius 2 is 1.81 bits per heavy atom. The number of anilines is 1. The highest BCUT2D eigenvalue weighted by Crippen LogP contribution is 2.20. The van der Waals surface area contributed by atoms with Crippen LogP contribution in [0.3, 0.4) is 0 Å². The molecule has 2 N–H and O–H groups in total. The Morgan fingerprint density at radius 1 is 1.06 bits per heavy atom. The molecule has 0 atom stereocenters. The lowest BCUT2D eigenvalue weighted by Gasteiger charge is -2.04. The number of aromatic nitrogens is 2. The molecule has 0 fully saturated rings. The van der Waals surface area contributed by atoms with Crippen molar-refractivity contribution < 1.29 is 0 Å². The molecule has 0 spiro atoms. The van der Waals surface area contributed by atoms with E-state index < -0.39 is 0 Å². The van der Waals surface area contributed by atoms with Crippen molar-refractivity contribution in [3.05, 3.63) is 42.0 Å². The smallest absolute Gasteiger partial charge is 0.0915 e. The van der Waals surface area contributed by atoms with Gasteiger partial charge in [-0.1, -0.05) is 6.07 Å². The Labute approximate surface area is 92.9 Å².